The van der Waals surface area contributed by atoms with Gasteiger partial charge in [0.25, 0.3) is 0 Å². The molecular weight excluding hydrogens is 330 g/mol. The van der Waals surface area contributed by atoms with Crippen LogP contribution in [0.2, 0.25) is 0 Å². The molecule has 1 aliphatic carbocycles. The van der Waals surface area contributed by atoms with Gasteiger partial charge in [0.2, 0.25) is 0 Å². The van der Waals surface area contributed by atoms with E-state index in [1.807, 2.05) is 18.2 Å². The second-order valence-corrected chi connectivity index (χ2v) is 9.25. The average molecular weight is 360 g/mol. The number of unbranched alkanes of at least 4 members (excludes halogenated alkanes) is 1. The lowest BCUT2D eigenvalue weighted by molar-refractivity contribution is 0.294. The predicted molar refractivity (Wildman–Crippen MR) is 103 cm³/mol. The molecule has 1 heterocycles. The number of benzene rings is 1. The molecule has 1 N–H and O–H groups in total. The summed E-state index contributed by atoms with van der Waals surface area (Å²) < 4.78 is 26.4. The number of hydrogen-bond acceptors (Lipinski definition) is 3. The van der Waals surface area contributed by atoms with Crippen LogP contribution in [0.4, 0.5) is 0 Å². The molecule has 136 valence electrons. The van der Waals surface area contributed by atoms with E-state index in [1.54, 1.807) is 6.07 Å². The second-order valence-electron chi connectivity index (χ2n) is 7.30. The molecule has 1 aromatic rings. The van der Waals surface area contributed by atoms with Crippen LogP contribution in [0, 0.1) is 0 Å². The van der Waals surface area contributed by atoms with Crippen molar-refractivity contribution in [3.8, 4) is 0 Å². The molecule has 3 nitrogen and oxygen atoms in total. The van der Waals surface area contributed by atoms with Gasteiger partial charge in [0.05, 0.1) is 16.7 Å². The predicted octanol–water partition coefficient (Wildman–Crippen LogP) is 4.72. The van der Waals surface area contributed by atoms with Gasteiger partial charge >= 0.3 is 0 Å². The van der Waals surface area contributed by atoms with Crippen molar-refractivity contribution in [2.24, 2.45) is 0 Å². The lowest BCUT2D eigenvalue weighted by Gasteiger charge is -2.36. The largest absolute Gasteiger partial charge is 0.300 e. The summed E-state index contributed by atoms with van der Waals surface area (Å²) in [5.74, 6) is 0.182. The van der Waals surface area contributed by atoms with Gasteiger partial charge in [-0.05, 0) is 42.9 Å². The normalized spacial score (nSPS) is 28.1. The van der Waals surface area contributed by atoms with Crippen molar-refractivity contribution < 1.29 is 8.42 Å². The Hall–Kier alpha value is -1.39. The zero-order chi connectivity index (χ0) is 17.9. The Balaban J connectivity index is 2.13. The van der Waals surface area contributed by atoms with E-state index in [0.717, 1.165) is 44.1 Å². The molecule has 0 amide bonds. The molecule has 0 saturated carbocycles. The van der Waals surface area contributed by atoms with Crippen LogP contribution in [0.1, 0.15) is 64.0 Å². The second kappa shape index (κ2) is 7.46. The third-order valence-electron chi connectivity index (χ3n) is 5.52. The van der Waals surface area contributed by atoms with E-state index in [9.17, 15) is 8.42 Å². The Morgan fingerprint density at radius 2 is 2.00 bits per heavy atom. The van der Waals surface area contributed by atoms with Crippen LogP contribution >= 0.6 is 0 Å². The van der Waals surface area contributed by atoms with Gasteiger partial charge in [-0.25, -0.2) is 8.42 Å². The molecule has 0 radical (unpaired) electrons. The highest BCUT2D eigenvalue weighted by molar-refractivity contribution is 7.91. The van der Waals surface area contributed by atoms with Gasteiger partial charge in [-0.3, -0.25) is 5.32 Å². The van der Waals surface area contributed by atoms with E-state index < -0.39 is 9.84 Å². The minimum absolute atomic E-state index is 0.0539. The number of sulfone groups is 1. The van der Waals surface area contributed by atoms with Crippen LogP contribution in [0.25, 0.3) is 0 Å². The van der Waals surface area contributed by atoms with Crippen LogP contribution in [-0.4, -0.2) is 19.7 Å². The summed E-state index contributed by atoms with van der Waals surface area (Å²) in [7, 11) is -3.31. The Morgan fingerprint density at radius 1 is 1.20 bits per heavy atom. The van der Waals surface area contributed by atoms with E-state index in [0.29, 0.717) is 4.90 Å². The van der Waals surface area contributed by atoms with E-state index in [4.69, 9.17) is 0 Å². The first kappa shape index (κ1) is 18.4. The fourth-order valence-electron chi connectivity index (χ4n) is 4.02. The maximum atomic E-state index is 13.2. The minimum atomic E-state index is -3.31. The number of hydrogen-bond donors (Lipinski definition) is 1. The molecule has 4 heteroatoms. The first-order chi connectivity index (χ1) is 12.0. The molecular formula is C21H29NO2S. The van der Waals surface area contributed by atoms with E-state index in [-0.39, 0.29) is 17.3 Å². The highest BCUT2D eigenvalue weighted by Gasteiger charge is 2.41. The zero-order valence-corrected chi connectivity index (χ0v) is 16.1. The Kier molecular flexibility index (Phi) is 5.49. The molecule has 0 unspecified atom stereocenters. The molecule has 1 aliphatic heterocycles. The summed E-state index contributed by atoms with van der Waals surface area (Å²) in [5, 5.41) is 3.80. The molecule has 0 bridgehead atoms. The number of nitrogens with one attached hydrogen (secondary N) is 1. The van der Waals surface area contributed by atoms with Crippen molar-refractivity contribution in [2.75, 3.05) is 5.75 Å². The van der Waals surface area contributed by atoms with Crippen molar-refractivity contribution in [3.63, 3.8) is 0 Å². The topological polar surface area (TPSA) is 46.2 Å². The fraction of sp³-hybridized carbons (Fsp3) is 0.524. The summed E-state index contributed by atoms with van der Waals surface area (Å²) in [5.41, 5.74) is 1.72. The van der Waals surface area contributed by atoms with Gasteiger partial charge in [0, 0.05) is 5.54 Å². The van der Waals surface area contributed by atoms with Crippen molar-refractivity contribution >= 4 is 9.84 Å². The van der Waals surface area contributed by atoms with Crippen LogP contribution in [-0.2, 0) is 9.84 Å². The lowest BCUT2D eigenvalue weighted by atomic mass is 9.87. The van der Waals surface area contributed by atoms with Crippen molar-refractivity contribution in [3.05, 3.63) is 53.6 Å². The molecule has 2 atom stereocenters. The zero-order valence-electron chi connectivity index (χ0n) is 15.3. The highest BCUT2D eigenvalue weighted by Crippen LogP contribution is 2.39. The molecule has 1 aromatic carbocycles. The molecule has 0 aromatic heterocycles. The summed E-state index contributed by atoms with van der Waals surface area (Å²) >= 11 is 0. The van der Waals surface area contributed by atoms with Gasteiger partial charge in [0.15, 0.2) is 9.84 Å². The third-order valence-corrected chi connectivity index (χ3v) is 7.50. The average Bonchev–Trinajstić information content (AvgIpc) is 2.74. The third kappa shape index (κ3) is 3.75. The van der Waals surface area contributed by atoms with Crippen molar-refractivity contribution in [1.29, 1.82) is 0 Å². The van der Waals surface area contributed by atoms with Crippen LogP contribution in [0.5, 0.6) is 0 Å². The molecule has 3 rings (SSSR count). The van der Waals surface area contributed by atoms with E-state index in [1.165, 1.54) is 5.57 Å². The van der Waals surface area contributed by atoms with E-state index >= 15 is 0 Å². The quantitative estimate of drug-likeness (QED) is 0.827. The summed E-state index contributed by atoms with van der Waals surface area (Å²) in [6.45, 7) is 4.27. The fourth-order valence-corrected chi connectivity index (χ4v) is 6.17. The summed E-state index contributed by atoms with van der Waals surface area (Å²) in [6.07, 6.45) is 12.5. The maximum absolute atomic E-state index is 13.2. The highest BCUT2D eigenvalue weighted by atomic mass is 32.2. The van der Waals surface area contributed by atoms with E-state index in [2.05, 4.69) is 37.4 Å². The van der Waals surface area contributed by atoms with Crippen LogP contribution in [0.15, 0.2) is 53.0 Å². The Labute approximate surface area is 152 Å². The van der Waals surface area contributed by atoms with Gasteiger partial charge < -0.3 is 0 Å². The number of allylic oxidation sites excluding steroid dienone is 2. The van der Waals surface area contributed by atoms with Gasteiger partial charge in [-0.1, -0.05) is 63.1 Å². The standard InChI is InChI=1S/C21H29NO2S/c1-3-5-15-21(4-2)16-25(23,24)19-14-10-9-13-18(19)20(22-21)17-11-7-6-8-12-17/h7,9-14,20,22H,3-6,8,15-16H2,1-2H3/t20-,21-/m1/s1. The molecule has 0 spiro atoms. The Bertz CT molecular complexity index is 779. The van der Waals surface area contributed by atoms with Gasteiger partial charge in [-0.2, -0.15) is 0 Å². The van der Waals surface area contributed by atoms with Crippen molar-refractivity contribution in [2.45, 2.75) is 68.8 Å². The maximum Gasteiger partial charge on any atom is 0.180 e. The number of fused-ring (bicyclic) bond motifs is 1. The van der Waals surface area contributed by atoms with Gasteiger partial charge in [0.1, 0.15) is 0 Å². The summed E-state index contributed by atoms with van der Waals surface area (Å²) in [4.78, 5) is 0.499. The first-order valence-electron chi connectivity index (χ1n) is 9.47. The first-order valence-corrected chi connectivity index (χ1v) is 11.1. The monoisotopic (exact) mass is 359 g/mol. The van der Waals surface area contributed by atoms with Crippen molar-refractivity contribution in [1.82, 2.24) is 5.32 Å². The molecule has 0 saturated heterocycles. The minimum Gasteiger partial charge on any atom is -0.300 e. The Morgan fingerprint density at radius 3 is 2.68 bits per heavy atom. The molecule has 25 heavy (non-hydrogen) atoms. The summed E-state index contributed by atoms with van der Waals surface area (Å²) in [6, 6.07) is 7.48. The van der Waals surface area contributed by atoms with Gasteiger partial charge in [-0.15, -0.1) is 0 Å². The molecule has 0 fully saturated rings. The van der Waals surface area contributed by atoms with Crippen LogP contribution in [0.3, 0.4) is 0 Å². The SMILES string of the molecule is CCCC[C@]1(CC)CS(=O)(=O)c2ccccc2[C@@H](C2=CCCC=C2)N1. The number of rotatable bonds is 5. The lowest BCUT2D eigenvalue weighted by Crippen LogP contribution is -2.50. The van der Waals surface area contributed by atoms with Crippen LogP contribution < -0.4 is 5.32 Å². The smallest absolute Gasteiger partial charge is 0.180 e. The molecule has 2 aliphatic rings.